The minimum atomic E-state index is -0.865. The molecular weight excluding hydrogens is 309 g/mol. The fraction of sp³-hybridized carbons (Fsp3) is 0.263. The number of hydrogen-bond acceptors (Lipinski definition) is 3. The summed E-state index contributed by atoms with van der Waals surface area (Å²) in [5, 5.41) is 2.64. The molecule has 1 atom stereocenters. The Bertz CT molecular complexity index is 713. The van der Waals surface area contributed by atoms with Crippen molar-refractivity contribution in [3.8, 4) is 0 Å². The average Bonchev–Trinajstić information content (AvgIpc) is 2.60. The molecule has 4 nitrogen and oxygen atoms in total. The van der Waals surface area contributed by atoms with Crippen molar-refractivity contribution in [2.24, 2.45) is 0 Å². The maximum atomic E-state index is 13.4. The molecule has 0 fully saturated rings. The number of benzene rings is 2. The van der Waals surface area contributed by atoms with Crippen LogP contribution in [0, 0.1) is 5.82 Å². The van der Waals surface area contributed by atoms with Crippen molar-refractivity contribution in [3.05, 3.63) is 65.5 Å². The van der Waals surface area contributed by atoms with Gasteiger partial charge in [0.05, 0.1) is 5.56 Å². The second kappa shape index (κ2) is 8.24. The van der Waals surface area contributed by atoms with Gasteiger partial charge in [0, 0.05) is 5.69 Å². The Morgan fingerprint density at radius 3 is 2.42 bits per heavy atom. The molecule has 0 unspecified atom stereocenters. The second-order valence-electron chi connectivity index (χ2n) is 5.54. The molecule has 0 aliphatic heterocycles. The second-order valence-corrected chi connectivity index (χ2v) is 5.54. The Balaban J connectivity index is 1.87. The molecule has 0 aromatic heterocycles. The van der Waals surface area contributed by atoms with Crippen LogP contribution in [0.4, 0.5) is 10.1 Å². The minimum Gasteiger partial charge on any atom is -0.452 e. The first-order valence-corrected chi connectivity index (χ1v) is 7.82. The Morgan fingerprint density at radius 1 is 1.12 bits per heavy atom. The summed E-state index contributed by atoms with van der Waals surface area (Å²) in [6, 6.07) is 13.0. The van der Waals surface area contributed by atoms with Crippen molar-refractivity contribution in [1.29, 1.82) is 0 Å². The van der Waals surface area contributed by atoms with E-state index >= 15 is 0 Å². The van der Waals surface area contributed by atoms with Gasteiger partial charge in [-0.3, -0.25) is 4.79 Å². The summed E-state index contributed by atoms with van der Waals surface area (Å²) >= 11 is 0. The zero-order valence-corrected chi connectivity index (χ0v) is 13.7. The van der Waals surface area contributed by atoms with E-state index in [4.69, 9.17) is 4.74 Å². The molecule has 126 valence electrons. The fourth-order valence-corrected chi connectivity index (χ4v) is 2.16. The predicted molar refractivity (Wildman–Crippen MR) is 90.5 cm³/mol. The maximum absolute atomic E-state index is 13.4. The third kappa shape index (κ3) is 4.65. The van der Waals surface area contributed by atoms with Crippen LogP contribution < -0.4 is 5.32 Å². The Kier molecular flexibility index (Phi) is 6.07. The van der Waals surface area contributed by atoms with Gasteiger partial charge in [0.25, 0.3) is 5.91 Å². The van der Waals surface area contributed by atoms with Crippen LogP contribution in [0.5, 0.6) is 0 Å². The summed E-state index contributed by atoms with van der Waals surface area (Å²) in [5.41, 5.74) is 1.62. The number of esters is 1. The SMILES string of the molecule is CC[C@@H](C)c1ccc(NC(=O)COC(=O)c2ccccc2F)cc1. The highest BCUT2D eigenvalue weighted by molar-refractivity contribution is 5.95. The van der Waals surface area contributed by atoms with Crippen molar-refractivity contribution in [2.75, 3.05) is 11.9 Å². The molecule has 0 aliphatic rings. The molecule has 0 aliphatic carbocycles. The summed E-state index contributed by atoms with van der Waals surface area (Å²) in [6.07, 6.45) is 1.04. The van der Waals surface area contributed by atoms with E-state index < -0.39 is 24.3 Å². The molecule has 2 rings (SSSR count). The lowest BCUT2D eigenvalue weighted by Crippen LogP contribution is -2.21. The summed E-state index contributed by atoms with van der Waals surface area (Å²) in [5.74, 6) is -1.56. The molecule has 24 heavy (non-hydrogen) atoms. The maximum Gasteiger partial charge on any atom is 0.341 e. The van der Waals surface area contributed by atoms with Crippen LogP contribution in [-0.2, 0) is 9.53 Å². The first kappa shape index (κ1) is 17.7. The predicted octanol–water partition coefficient (Wildman–Crippen LogP) is 4.13. The number of carbonyl (C=O) groups excluding carboxylic acids is 2. The summed E-state index contributed by atoms with van der Waals surface area (Å²) in [4.78, 5) is 23.6. The van der Waals surface area contributed by atoms with Crippen LogP contribution in [0.3, 0.4) is 0 Å². The molecule has 5 heteroatoms. The van der Waals surface area contributed by atoms with E-state index in [0.717, 1.165) is 12.5 Å². The zero-order chi connectivity index (χ0) is 17.5. The van der Waals surface area contributed by atoms with Gasteiger partial charge >= 0.3 is 5.97 Å². The van der Waals surface area contributed by atoms with Gasteiger partial charge in [0.1, 0.15) is 5.82 Å². The standard InChI is InChI=1S/C19H20FNO3/c1-3-13(2)14-8-10-15(11-9-14)21-18(22)12-24-19(23)16-6-4-5-7-17(16)20/h4-11,13H,3,12H2,1-2H3,(H,21,22)/t13-/m1/s1. The van der Waals surface area contributed by atoms with Crippen LogP contribution in [-0.4, -0.2) is 18.5 Å². The minimum absolute atomic E-state index is 0.191. The van der Waals surface area contributed by atoms with Gasteiger partial charge in [-0.1, -0.05) is 38.1 Å². The third-order valence-corrected chi connectivity index (χ3v) is 3.80. The number of hydrogen-bond donors (Lipinski definition) is 1. The molecule has 0 saturated heterocycles. The van der Waals surface area contributed by atoms with Gasteiger partial charge in [-0.15, -0.1) is 0 Å². The van der Waals surface area contributed by atoms with Crippen molar-refractivity contribution in [1.82, 2.24) is 0 Å². The number of rotatable bonds is 6. The van der Waals surface area contributed by atoms with E-state index in [-0.39, 0.29) is 5.56 Å². The highest BCUT2D eigenvalue weighted by Crippen LogP contribution is 2.20. The monoisotopic (exact) mass is 329 g/mol. The van der Waals surface area contributed by atoms with E-state index in [0.29, 0.717) is 11.6 Å². The van der Waals surface area contributed by atoms with E-state index in [1.54, 1.807) is 12.1 Å². The van der Waals surface area contributed by atoms with Gasteiger partial charge in [0.2, 0.25) is 0 Å². The highest BCUT2D eigenvalue weighted by atomic mass is 19.1. The molecule has 2 aromatic rings. The Hall–Kier alpha value is -2.69. The average molecular weight is 329 g/mol. The molecular formula is C19H20FNO3. The van der Waals surface area contributed by atoms with Crippen molar-refractivity contribution in [2.45, 2.75) is 26.2 Å². The van der Waals surface area contributed by atoms with Crippen LogP contribution in [0.25, 0.3) is 0 Å². The smallest absolute Gasteiger partial charge is 0.341 e. The van der Waals surface area contributed by atoms with Crippen LogP contribution in [0.1, 0.15) is 42.1 Å². The number of amides is 1. The topological polar surface area (TPSA) is 55.4 Å². The van der Waals surface area contributed by atoms with E-state index in [1.807, 2.05) is 12.1 Å². The van der Waals surface area contributed by atoms with Gasteiger partial charge in [0.15, 0.2) is 6.61 Å². The number of anilines is 1. The summed E-state index contributed by atoms with van der Waals surface area (Å²) in [7, 11) is 0. The molecule has 1 amide bonds. The lowest BCUT2D eigenvalue weighted by atomic mass is 9.99. The normalized spacial score (nSPS) is 11.6. The van der Waals surface area contributed by atoms with Gasteiger partial charge < -0.3 is 10.1 Å². The van der Waals surface area contributed by atoms with Crippen LogP contribution in [0.2, 0.25) is 0 Å². The van der Waals surface area contributed by atoms with Gasteiger partial charge in [-0.05, 0) is 42.2 Å². The number of halogens is 1. The Labute approximate surface area is 140 Å². The largest absolute Gasteiger partial charge is 0.452 e. The zero-order valence-electron chi connectivity index (χ0n) is 13.7. The molecule has 0 bridgehead atoms. The Morgan fingerprint density at radius 2 is 1.79 bits per heavy atom. The first-order chi connectivity index (χ1) is 11.5. The van der Waals surface area contributed by atoms with Crippen LogP contribution in [0.15, 0.2) is 48.5 Å². The molecule has 2 aromatic carbocycles. The number of carbonyl (C=O) groups is 2. The van der Waals surface area contributed by atoms with E-state index in [1.165, 1.54) is 23.8 Å². The third-order valence-electron chi connectivity index (χ3n) is 3.80. The van der Waals surface area contributed by atoms with Crippen molar-refractivity contribution >= 4 is 17.6 Å². The van der Waals surface area contributed by atoms with E-state index in [2.05, 4.69) is 19.2 Å². The molecule has 0 heterocycles. The lowest BCUT2D eigenvalue weighted by molar-refractivity contribution is -0.119. The molecule has 1 N–H and O–H groups in total. The molecule has 0 radical (unpaired) electrons. The van der Waals surface area contributed by atoms with Crippen molar-refractivity contribution < 1.29 is 18.7 Å². The summed E-state index contributed by atoms with van der Waals surface area (Å²) in [6.45, 7) is 3.78. The first-order valence-electron chi connectivity index (χ1n) is 7.82. The van der Waals surface area contributed by atoms with Crippen LogP contribution >= 0.6 is 0 Å². The van der Waals surface area contributed by atoms with E-state index in [9.17, 15) is 14.0 Å². The van der Waals surface area contributed by atoms with Gasteiger partial charge in [-0.25, -0.2) is 9.18 Å². The highest BCUT2D eigenvalue weighted by Gasteiger charge is 2.14. The fourth-order valence-electron chi connectivity index (χ4n) is 2.16. The number of nitrogens with one attached hydrogen (secondary N) is 1. The van der Waals surface area contributed by atoms with Gasteiger partial charge in [-0.2, -0.15) is 0 Å². The quantitative estimate of drug-likeness (QED) is 0.811. The molecule has 0 spiro atoms. The van der Waals surface area contributed by atoms with Crippen molar-refractivity contribution in [3.63, 3.8) is 0 Å². The summed E-state index contributed by atoms with van der Waals surface area (Å²) < 4.78 is 18.3. The number of ether oxygens (including phenoxy) is 1. The lowest BCUT2D eigenvalue weighted by Gasteiger charge is -2.11. The molecule has 0 saturated carbocycles.